The van der Waals surface area contributed by atoms with Crippen molar-refractivity contribution in [1.82, 2.24) is 9.55 Å². The maximum atomic E-state index is 12.3. The third-order valence-electron chi connectivity index (χ3n) is 3.77. The van der Waals surface area contributed by atoms with E-state index >= 15 is 0 Å². The molecule has 7 nitrogen and oxygen atoms in total. The largest absolute Gasteiger partial charge is 0.310 e. The van der Waals surface area contributed by atoms with Crippen LogP contribution in [0.2, 0.25) is 0 Å². The summed E-state index contributed by atoms with van der Waals surface area (Å²) in [5.41, 5.74) is 1.87. The number of aromatic nitrogens is 2. The lowest BCUT2D eigenvalue weighted by Crippen LogP contribution is -2.17. The zero-order valence-corrected chi connectivity index (χ0v) is 15.0. The van der Waals surface area contributed by atoms with Crippen LogP contribution >= 0.6 is 11.8 Å². The van der Waals surface area contributed by atoms with Crippen LogP contribution in [-0.2, 0) is 11.3 Å². The number of thioether (sulfide) groups is 1. The molecule has 1 amide bonds. The van der Waals surface area contributed by atoms with Crippen LogP contribution in [0.3, 0.4) is 0 Å². The minimum Gasteiger partial charge on any atom is -0.310 e. The van der Waals surface area contributed by atoms with Gasteiger partial charge in [-0.2, -0.15) is 0 Å². The number of benzene rings is 2. The molecular formula is C18H18N4O3S. The number of fused-ring (bicyclic) bond motifs is 1. The third kappa shape index (κ3) is 4.02. The number of non-ortho nitro benzene ring substituents is 1. The Labute approximate surface area is 154 Å². The third-order valence-corrected chi connectivity index (χ3v) is 4.78. The van der Waals surface area contributed by atoms with Crippen molar-refractivity contribution < 1.29 is 9.72 Å². The Morgan fingerprint density at radius 1 is 1.23 bits per heavy atom. The summed E-state index contributed by atoms with van der Waals surface area (Å²) in [6.07, 6.45) is 0.931. The molecule has 0 spiro atoms. The highest BCUT2D eigenvalue weighted by molar-refractivity contribution is 8.00. The second kappa shape index (κ2) is 8.01. The lowest BCUT2D eigenvalue weighted by molar-refractivity contribution is -0.384. The van der Waals surface area contributed by atoms with Crippen molar-refractivity contribution in [3.8, 4) is 0 Å². The van der Waals surface area contributed by atoms with Gasteiger partial charge in [-0.25, -0.2) is 4.98 Å². The van der Waals surface area contributed by atoms with Crippen LogP contribution in [0.15, 0.2) is 53.4 Å². The first-order valence-corrected chi connectivity index (χ1v) is 9.19. The SMILES string of the molecule is CCCn1c(NC(=O)CSc2ccc([N+](=O)[O-])cc2)nc2ccccc21. The standard InChI is InChI=1S/C18H18N4O3S/c1-2-11-21-16-6-4-3-5-15(16)19-18(21)20-17(23)12-26-14-9-7-13(8-10-14)22(24)25/h3-10H,2,11-12H2,1H3,(H,19,20,23). The van der Waals surface area contributed by atoms with Crippen molar-refractivity contribution in [1.29, 1.82) is 0 Å². The molecule has 0 atom stereocenters. The fourth-order valence-corrected chi connectivity index (χ4v) is 3.29. The Hall–Kier alpha value is -2.87. The molecule has 0 saturated carbocycles. The number of rotatable bonds is 7. The number of carbonyl (C=O) groups is 1. The Morgan fingerprint density at radius 2 is 1.96 bits per heavy atom. The van der Waals surface area contributed by atoms with Crippen LogP contribution in [-0.4, -0.2) is 26.1 Å². The highest BCUT2D eigenvalue weighted by atomic mass is 32.2. The van der Waals surface area contributed by atoms with Crippen LogP contribution in [0.25, 0.3) is 11.0 Å². The molecule has 0 radical (unpaired) electrons. The summed E-state index contributed by atoms with van der Waals surface area (Å²) in [7, 11) is 0. The summed E-state index contributed by atoms with van der Waals surface area (Å²) in [6.45, 7) is 2.84. The van der Waals surface area contributed by atoms with Gasteiger partial charge in [0.05, 0.1) is 21.7 Å². The van der Waals surface area contributed by atoms with Gasteiger partial charge in [-0.3, -0.25) is 20.2 Å². The molecule has 0 fully saturated rings. The van der Waals surface area contributed by atoms with E-state index in [1.807, 2.05) is 28.8 Å². The minimum atomic E-state index is -0.445. The lowest BCUT2D eigenvalue weighted by Gasteiger charge is -2.08. The van der Waals surface area contributed by atoms with Gasteiger partial charge in [0.2, 0.25) is 11.9 Å². The number of nitro benzene ring substituents is 1. The summed E-state index contributed by atoms with van der Waals surface area (Å²) in [5, 5.41) is 13.5. The molecule has 0 unspecified atom stereocenters. The number of nitrogens with zero attached hydrogens (tertiary/aromatic N) is 3. The van der Waals surface area contributed by atoms with Gasteiger partial charge in [-0.05, 0) is 30.7 Å². The number of imidazole rings is 1. The van der Waals surface area contributed by atoms with Crippen LogP contribution in [0, 0.1) is 10.1 Å². The Kier molecular flexibility index (Phi) is 5.52. The molecule has 2 aromatic carbocycles. The van der Waals surface area contributed by atoms with Crippen molar-refractivity contribution in [3.63, 3.8) is 0 Å². The topological polar surface area (TPSA) is 90.1 Å². The average Bonchev–Trinajstić information content (AvgIpc) is 2.98. The van der Waals surface area contributed by atoms with E-state index in [9.17, 15) is 14.9 Å². The number of hydrogen-bond donors (Lipinski definition) is 1. The van der Waals surface area contributed by atoms with E-state index in [2.05, 4.69) is 17.2 Å². The van der Waals surface area contributed by atoms with E-state index in [0.717, 1.165) is 28.9 Å². The molecule has 3 aromatic rings. The van der Waals surface area contributed by atoms with E-state index < -0.39 is 4.92 Å². The molecule has 134 valence electrons. The second-order valence-electron chi connectivity index (χ2n) is 5.66. The zero-order chi connectivity index (χ0) is 18.5. The molecule has 26 heavy (non-hydrogen) atoms. The molecule has 0 aliphatic heterocycles. The molecule has 0 aliphatic carbocycles. The fourth-order valence-electron chi connectivity index (χ4n) is 2.59. The Bertz CT molecular complexity index is 937. The Morgan fingerprint density at radius 3 is 2.65 bits per heavy atom. The van der Waals surface area contributed by atoms with Gasteiger partial charge in [0.25, 0.3) is 5.69 Å². The number of amides is 1. The first-order valence-electron chi connectivity index (χ1n) is 8.21. The number of hydrogen-bond acceptors (Lipinski definition) is 5. The van der Waals surface area contributed by atoms with Crippen LogP contribution < -0.4 is 5.32 Å². The fraction of sp³-hybridized carbons (Fsp3) is 0.222. The molecular weight excluding hydrogens is 352 g/mol. The van der Waals surface area contributed by atoms with Gasteiger partial charge in [0.1, 0.15) is 0 Å². The molecule has 1 aromatic heterocycles. The van der Waals surface area contributed by atoms with Crippen LogP contribution in [0.5, 0.6) is 0 Å². The summed E-state index contributed by atoms with van der Waals surface area (Å²) < 4.78 is 2.00. The first kappa shape index (κ1) is 17.9. The molecule has 0 bridgehead atoms. The number of nitrogens with one attached hydrogen (secondary N) is 1. The van der Waals surface area contributed by atoms with Crippen molar-refractivity contribution in [2.45, 2.75) is 24.8 Å². The predicted octanol–water partition coefficient (Wildman–Crippen LogP) is 4.09. The van der Waals surface area contributed by atoms with Crippen molar-refractivity contribution in [3.05, 3.63) is 58.6 Å². The van der Waals surface area contributed by atoms with E-state index in [1.165, 1.54) is 23.9 Å². The second-order valence-corrected chi connectivity index (χ2v) is 6.71. The van der Waals surface area contributed by atoms with Gasteiger partial charge < -0.3 is 4.57 Å². The quantitative estimate of drug-likeness (QED) is 0.384. The van der Waals surface area contributed by atoms with Gasteiger partial charge in [0.15, 0.2) is 0 Å². The van der Waals surface area contributed by atoms with Crippen LogP contribution in [0.1, 0.15) is 13.3 Å². The van der Waals surface area contributed by atoms with Crippen molar-refractivity contribution >= 4 is 40.3 Å². The van der Waals surface area contributed by atoms with E-state index in [4.69, 9.17) is 0 Å². The maximum absolute atomic E-state index is 12.3. The van der Waals surface area contributed by atoms with Crippen molar-refractivity contribution in [2.75, 3.05) is 11.1 Å². The average molecular weight is 370 g/mol. The number of para-hydroxylation sites is 2. The van der Waals surface area contributed by atoms with Gasteiger partial charge in [0, 0.05) is 23.6 Å². The summed E-state index contributed by atoms with van der Waals surface area (Å²) in [5.74, 6) is 0.580. The molecule has 8 heteroatoms. The highest BCUT2D eigenvalue weighted by Gasteiger charge is 2.13. The molecule has 3 rings (SSSR count). The monoisotopic (exact) mass is 370 g/mol. The normalized spacial score (nSPS) is 10.8. The van der Waals surface area contributed by atoms with E-state index in [0.29, 0.717) is 5.95 Å². The summed E-state index contributed by atoms with van der Waals surface area (Å²) in [4.78, 5) is 27.8. The van der Waals surface area contributed by atoms with Crippen LogP contribution in [0.4, 0.5) is 11.6 Å². The van der Waals surface area contributed by atoms with Gasteiger partial charge in [-0.1, -0.05) is 19.1 Å². The van der Waals surface area contributed by atoms with Crippen molar-refractivity contribution in [2.24, 2.45) is 0 Å². The zero-order valence-electron chi connectivity index (χ0n) is 14.2. The van der Waals surface area contributed by atoms with E-state index in [1.54, 1.807) is 12.1 Å². The lowest BCUT2D eigenvalue weighted by atomic mass is 10.3. The predicted molar refractivity (Wildman–Crippen MR) is 102 cm³/mol. The number of carbonyl (C=O) groups excluding carboxylic acids is 1. The number of anilines is 1. The maximum Gasteiger partial charge on any atom is 0.269 e. The van der Waals surface area contributed by atoms with E-state index in [-0.39, 0.29) is 17.3 Å². The Balaban J connectivity index is 1.67. The highest BCUT2D eigenvalue weighted by Crippen LogP contribution is 2.23. The molecule has 1 heterocycles. The first-order chi connectivity index (χ1) is 12.6. The number of nitro groups is 1. The minimum absolute atomic E-state index is 0.0343. The van der Waals surface area contributed by atoms with Gasteiger partial charge in [-0.15, -0.1) is 11.8 Å². The number of aryl methyl sites for hydroxylation is 1. The van der Waals surface area contributed by atoms with Gasteiger partial charge >= 0.3 is 0 Å². The molecule has 1 N–H and O–H groups in total. The molecule has 0 aliphatic rings. The summed E-state index contributed by atoms with van der Waals surface area (Å²) >= 11 is 1.32. The smallest absolute Gasteiger partial charge is 0.269 e. The summed E-state index contributed by atoms with van der Waals surface area (Å²) in [6, 6.07) is 13.9. The molecule has 0 saturated heterocycles.